The van der Waals surface area contributed by atoms with Crippen molar-refractivity contribution >= 4 is 29.1 Å². The molecule has 0 bridgehead atoms. The quantitative estimate of drug-likeness (QED) is 0.341. The van der Waals surface area contributed by atoms with Crippen LogP contribution in [0.15, 0.2) is 64.3 Å². The van der Waals surface area contributed by atoms with Crippen molar-refractivity contribution in [1.29, 1.82) is 0 Å². The van der Waals surface area contributed by atoms with Gasteiger partial charge in [0.25, 0.3) is 23.3 Å². The zero-order valence-corrected chi connectivity index (χ0v) is 19.3. The zero-order valence-electron chi connectivity index (χ0n) is 19.3. The Balaban J connectivity index is 1.82. The van der Waals surface area contributed by atoms with Crippen molar-refractivity contribution < 1.29 is 38.3 Å². The van der Waals surface area contributed by atoms with Gasteiger partial charge in [-0.1, -0.05) is 12.1 Å². The molecule has 0 saturated heterocycles. The first-order valence-corrected chi connectivity index (χ1v) is 10.8. The topological polar surface area (TPSA) is 140 Å². The van der Waals surface area contributed by atoms with Gasteiger partial charge in [0.05, 0.1) is 12.1 Å². The number of amides is 3. The lowest BCUT2D eigenvalue weighted by Crippen LogP contribution is -2.53. The predicted octanol–water partition coefficient (Wildman–Crippen LogP) is 0.386. The lowest BCUT2D eigenvalue weighted by molar-refractivity contribution is -0.385. The first kappa shape index (κ1) is 24.0. The van der Waals surface area contributed by atoms with Crippen LogP contribution in [-0.4, -0.2) is 69.2 Å². The first-order valence-electron chi connectivity index (χ1n) is 10.8. The third-order valence-corrected chi connectivity index (χ3v) is 5.68. The molecule has 0 saturated carbocycles. The highest BCUT2D eigenvalue weighted by Gasteiger charge is 2.52. The summed E-state index contributed by atoms with van der Waals surface area (Å²) in [6.45, 7) is 2.86. The second kappa shape index (κ2) is 8.91. The molecule has 1 atom stereocenters. The molecule has 0 aliphatic carbocycles. The maximum Gasteiger partial charge on any atom is 0.434 e. The van der Waals surface area contributed by atoms with Crippen LogP contribution >= 0.6 is 0 Å². The third-order valence-electron chi connectivity index (χ3n) is 5.68. The van der Waals surface area contributed by atoms with Gasteiger partial charge in [0.1, 0.15) is 5.82 Å². The van der Waals surface area contributed by atoms with E-state index < -0.39 is 46.5 Å². The van der Waals surface area contributed by atoms with E-state index in [-0.39, 0.29) is 30.2 Å². The minimum Gasteiger partial charge on any atom is -0.504 e. The van der Waals surface area contributed by atoms with Crippen molar-refractivity contribution in [2.45, 2.75) is 31.9 Å². The van der Waals surface area contributed by atoms with Crippen LogP contribution in [0.1, 0.15) is 19.4 Å². The summed E-state index contributed by atoms with van der Waals surface area (Å²) in [6.07, 6.45) is 1.80. The number of aliphatic imine (C=N–C) groups is 1. The molecule has 0 spiro atoms. The van der Waals surface area contributed by atoms with Crippen molar-refractivity contribution in [3.8, 4) is 0 Å². The van der Waals surface area contributed by atoms with Gasteiger partial charge >= 0.3 is 5.91 Å². The number of hydrogen-bond donors (Lipinski definition) is 4. The number of carbonyl (C=O) groups is 3. The molecular formula is C24H24FN4O6+. The average molecular weight is 483 g/mol. The molecule has 1 unspecified atom stereocenters. The van der Waals surface area contributed by atoms with Gasteiger partial charge in [0.2, 0.25) is 12.3 Å². The lowest BCUT2D eigenvalue weighted by Gasteiger charge is -2.31. The van der Waals surface area contributed by atoms with E-state index in [2.05, 4.69) is 15.6 Å². The Hall–Kier alpha value is -4.12. The molecule has 0 aromatic heterocycles. The summed E-state index contributed by atoms with van der Waals surface area (Å²) in [7, 11) is 1.31. The Labute approximate surface area is 199 Å². The molecule has 4 N–H and O–H groups in total. The molecule has 0 radical (unpaired) electrons. The van der Waals surface area contributed by atoms with Crippen LogP contribution in [0.25, 0.3) is 0 Å². The number of hydrogen-bond acceptors (Lipinski definition) is 7. The van der Waals surface area contributed by atoms with Gasteiger partial charge in [-0.2, -0.15) is 0 Å². The molecular weight excluding hydrogens is 459 g/mol. The Morgan fingerprint density at radius 3 is 2.54 bits per heavy atom. The minimum atomic E-state index is -1.01. The summed E-state index contributed by atoms with van der Waals surface area (Å²) in [5.41, 5.74) is -0.141. The Bertz CT molecular complexity index is 1290. The van der Waals surface area contributed by atoms with Gasteiger partial charge in [0, 0.05) is 18.8 Å². The number of likely N-dealkylation sites (N-methyl/N-ethyl adjacent to an activating group) is 1. The fourth-order valence-electron chi connectivity index (χ4n) is 3.81. The monoisotopic (exact) mass is 483 g/mol. The van der Waals surface area contributed by atoms with E-state index in [1.54, 1.807) is 26.0 Å². The van der Waals surface area contributed by atoms with E-state index in [0.717, 1.165) is 16.3 Å². The van der Waals surface area contributed by atoms with E-state index in [4.69, 9.17) is 4.74 Å². The van der Waals surface area contributed by atoms with Crippen LogP contribution in [0.5, 0.6) is 0 Å². The highest BCUT2D eigenvalue weighted by atomic mass is 19.1. The van der Waals surface area contributed by atoms with E-state index in [0.29, 0.717) is 5.57 Å². The molecule has 0 fully saturated rings. The second-order valence-electron chi connectivity index (χ2n) is 8.84. The number of carbonyl (C=O) groups excluding carboxylic acids is 3. The molecule has 3 heterocycles. The van der Waals surface area contributed by atoms with E-state index in [1.165, 1.54) is 25.4 Å². The molecule has 3 aliphatic rings. The number of halogens is 1. The lowest BCUT2D eigenvalue weighted by atomic mass is 9.89. The van der Waals surface area contributed by atoms with Crippen molar-refractivity contribution in [3.63, 3.8) is 0 Å². The number of aliphatic hydroxyl groups excluding tert-OH is 2. The van der Waals surface area contributed by atoms with Gasteiger partial charge in [-0.25, -0.2) is 14.2 Å². The number of nitrogens with one attached hydrogen (secondary N) is 2. The Morgan fingerprint density at radius 2 is 1.91 bits per heavy atom. The minimum absolute atomic E-state index is 0.0394. The van der Waals surface area contributed by atoms with E-state index in [1.807, 2.05) is 0 Å². The number of rotatable bonds is 6. The van der Waals surface area contributed by atoms with Gasteiger partial charge in [-0.15, -0.1) is 4.58 Å². The summed E-state index contributed by atoms with van der Waals surface area (Å²) in [4.78, 5) is 42.8. The van der Waals surface area contributed by atoms with E-state index in [9.17, 15) is 29.0 Å². The largest absolute Gasteiger partial charge is 0.504 e. The number of ether oxygens (including phenoxy) is 1. The normalized spacial score (nSPS) is 19.3. The van der Waals surface area contributed by atoms with Gasteiger partial charge < -0.3 is 25.6 Å². The van der Waals surface area contributed by atoms with Gasteiger partial charge in [-0.3, -0.25) is 9.59 Å². The van der Waals surface area contributed by atoms with Crippen molar-refractivity contribution in [1.82, 2.24) is 10.6 Å². The van der Waals surface area contributed by atoms with Crippen LogP contribution in [0, 0.1) is 5.82 Å². The van der Waals surface area contributed by atoms with Crippen LogP contribution < -0.4 is 10.6 Å². The fraction of sp³-hybridized carbons (Fsp3) is 0.292. The maximum atomic E-state index is 13.4. The molecule has 3 amide bonds. The molecule has 4 rings (SSSR count). The molecule has 3 aliphatic heterocycles. The standard InChI is InChI=1S/C24H23FN4O6/c1-24(2,11-30)28-21(32)15-10-29-18-17(19(31)16(23(29)34)22(33)26-3)27-9-13(20(18)35-15)8-12-4-6-14(25)7-5-12/h4-7,9-10,20,30H,8,11H2,1-3H3,(H2-,26,28,31,32,33,34)/p+1. The highest BCUT2D eigenvalue weighted by molar-refractivity contribution is 6.52. The van der Waals surface area contributed by atoms with Crippen LogP contribution in [0.3, 0.4) is 0 Å². The van der Waals surface area contributed by atoms with Crippen LogP contribution in [-0.2, 0) is 25.5 Å². The van der Waals surface area contributed by atoms with Crippen molar-refractivity contribution in [2.24, 2.45) is 4.99 Å². The van der Waals surface area contributed by atoms with Crippen LogP contribution in [0.2, 0.25) is 0 Å². The summed E-state index contributed by atoms with van der Waals surface area (Å²) in [5, 5.41) is 25.2. The second-order valence-corrected chi connectivity index (χ2v) is 8.84. The molecule has 11 heteroatoms. The Kier molecular flexibility index (Phi) is 6.12. The average Bonchev–Trinajstić information content (AvgIpc) is 2.83. The number of benzene rings is 1. The SMILES string of the molecule is CNC(=O)C1=C(O)C2=NC=C(Cc3ccc(F)cc3)C3OC(C(=O)NC(C)(C)CO)=C[N+](=C23)C1=O. The molecule has 182 valence electrons. The Morgan fingerprint density at radius 1 is 1.23 bits per heavy atom. The predicted molar refractivity (Wildman–Crippen MR) is 122 cm³/mol. The first-order chi connectivity index (χ1) is 16.6. The number of allylic oxidation sites excluding steroid dienone is 1. The van der Waals surface area contributed by atoms with Crippen LogP contribution in [0.4, 0.5) is 4.39 Å². The summed E-state index contributed by atoms with van der Waals surface area (Å²) >= 11 is 0. The van der Waals surface area contributed by atoms with Gasteiger partial charge in [0.15, 0.2) is 17.0 Å². The maximum absolute atomic E-state index is 13.4. The number of aliphatic hydroxyl groups is 2. The third kappa shape index (κ3) is 4.37. The summed E-state index contributed by atoms with van der Waals surface area (Å²) in [6, 6.07) is 5.78. The summed E-state index contributed by atoms with van der Waals surface area (Å²) in [5.74, 6) is -3.62. The van der Waals surface area contributed by atoms with E-state index >= 15 is 0 Å². The highest BCUT2D eigenvalue weighted by Crippen LogP contribution is 2.30. The molecule has 1 aromatic rings. The molecule has 35 heavy (non-hydrogen) atoms. The smallest absolute Gasteiger partial charge is 0.434 e. The van der Waals surface area contributed by atoms with Crippen molar-refractivity contribution in [2.75, 3.05) is 13.7 Å². The molecule has 1 aromatic carbocycles. The summed E-state index contributed by atoms with van der Waals surface area (Å²) < 4.78 is 20.4. The van der Waals surface area contributed by atoms with Crippen molar-refractivity contribution in [3.05, 3.63) is 70.7 Å². The van der Waals surface area contributed by atoms with Gasteiger partial charge in [-0.05, 0) is 38.0 Å². The zero-order chi connectivity index (χ0) is 25.5. The molecule has 10 nitrogen and oxygen atoms in total. The fourth-order valence-corrected chi connectivity index (χ4v) is 3.81. The number of nitrogens with zero attached hydrogens (tertiary/aromatic N) is 2.